The molecule has 31 heavy (non-hydrogen) atoms. The van der Waals surface area contributed by atoms with Gasteiger partial charge >= 0.3 is 5.97 Å². The number of ether oxygens (including phenoxy) is 1. The number of carbonyl (C=O) groups is 1. The molecule has 0 amide bonds. The lowest BCUT2D eigenvalue weighted by Gasteiger charge is -2.26. The van der Waals surface area contributed by atoms with Crippen LogP contribution >= 0.6 is 0 Å². The number of nitrogens with zero attached hydrogens (tertiary/aromatic N) is 2. The van der Waals surface area contributed by atoms with E-state index in [1.165, 1.54) is 12.1 Å². The topological polar surface area (TPSA) is 62.7 Å². The second-order valence-corrected chi connectivity index (χ2v) is 8.02. The number of halogens is 1. The summed E-state index contributed by atoms with van der Waals surface area (Å²) in [6, 6.07) is 14.0. The predicted molar refractivity (Wildman–Crippen MR) is 117 cm³/mol. The Balaban J connectivity index is 1.66. The highest BCUT2D eigenvalue weighted by atomic mass is 19.1. The summed E-state index contributed by atoms with van der Waals surface area (Å²) in [4.78, 5) is 19.8. The van der Waals surface area contributed by atoms with E-state index in [9.17, 15) is 14.3 Å². The van der Waals surface area contributed by atoms with E-state index in [1.54, 1.807) is 19.1 Å². The van der Waals surface area contributed by atoms with Crippen LogP contribution in [0, 0.1) is 12.7 Å². The molecule has 1 atom stereocenters. The van der Waals surface area contributed by atoms with Crippen molar-refractivity contribution in [3.63, 3.8) is 0 Å². The molecule has 1 saturated carbocycles. The van der Waals surface area contributed by atoms with Gasteiger partial charge in [0.2, 0.25) is 0 Å². The van der Waals surface area contributed by atoms with E-state index in [4.69, 9.17) is 9.72 Å². The summed E-state index contributed by atoms with van der Waals surface area (Å²) < 4.78 is 18.6. The minimum atomic E-state index is -0.756. The number of rotatable bonds is 8. The minimum absolute atomic E-state index is 0.292. The molecule has 0 radical (unpaired) electrons. The van der Waals surface area contributed by atoms with Crippen LogP contribution in [0.1, 0.15) is 53.0 Å². The predicted octanol–water partition coefficient (Wildman–Crippen LogP) is 4.56. The number of carbonyl (C=O) groups excluding carboxylic acids is 1. The zero-order valence-corrected chi connectivity index (χ0v) is 17.8. The highest BCUT2D eigenvalue weighted by molar-refractivity contribution is 5.98. The molecule has 1 aliphatic carbocycles. The first kappa shape index (κ1) is 21.4. The van der Waals surface area contributed by atoms with Gasteiger partial charge in [-0.2, -0.15) is 0 Å². The van der Waals surface area contributed by atoms with Gasteiger partial charge in [-0.3, -0.25) is 9.88 Å². The van der Waals surface area contributed by atoms with Gasteiger partial charge in [-0.05, 0) is 56.0 Å². The van der Waals surface area contributed by atoms with Gasteiger partial charge in [0.05, 0.1) is 29.5 Å². The zero-order valence-electron chi connectivity index (χ0n) is 17.8. The van der Waals surface area contributed by atoms with E-state index < -0.39 is 6.10 Å². The highest BCUT2D eigenvalue weighted by Gasteiger charge is 2.32. The average Bonchev–Trinajstić information content (AvgIpc) is 3.59. The van der Waals surface area contributed by atoms with Crippen LogP contribution in [0.2, 0.25) is 0 Å². The molecule has 4 rings (SSSR count). The van der Waals surface area contributed by atoms with Crippen molar-refractivity contribution in [3.8, 4) is 0 Å². The van der Waals surface area contributed by atoms with Gasteiger partial charge in [0.1, 0.15) is 5.82 Å². The molecular weight excluding hydrogens is 395 g/mol. The van der Waals surface area contributed by atoms with Gasteiger partial charge in [0.15, 0.2) is 0 Å². The first-order valence-electron chi connectivity index (χ1n) is 10.7. The van der Waals surface area contributed by atoms with Crippen LogP contribution in [-0.2, 0) is 11.3 Å². The lowest BCUT2D eigenvalue weighted by Crippen LogP contribution is -2.32. The number of benzene rings is 2. The molecule has 2 aromatic carbocycles. The van der Waals surface area contributed by atoms with Crippen molar-refractivity contribution >= 4 is 16.9 Å². The van der Waals surface area contributed by atoms with Crippen LogP contribution in [-0.4, -0.2) is 40.2 Å². The van der Waals surface area contributed by atoms with Crippen molar-refractivity contribution in [2.75, 3.05) is 13.2 Å². The monoisotopic (exact) mass is 422 g/mol. The first-order chi connectivity index (χ1) is 15.0. The molecule has 6 heteroatoms. The van der Waals surface area contributed by atoms with Gasteiger partial charge in [-0.15, -0.1) is 0 Å². The van der Waals surface area contributed by atoms with Crippen LogP contribution in [0.3, 0.4) is 0 Å². The molecule has 5 nitrogen and oxygen atoms in total. The third kappa shape index (κ3) is 4.75. The molecule has 1 unspecified atom stereocenters. The SMILES string of the molecule is CCOC(=O)c1c(CN(CC(O)c2ccc(F)cc2)C2CC2)nc2ccccc2c1C. The number of aliphatic hydroxyl groups excluding tert-OH is 1. The second kappa shape index (κ2) is 9.12. The summed E-state index contributed by atoms with van der Waals surface area (Å²) in [5.41, 5.74) is 3.52. The Morgan fingerprint density at radius 1 is 1.23 bits per heavy atom. The number of hydrogen-bond acceptors (Lipinski definition) is 5. The molecular formula is C25H27FN2O3. The van der Waals surface area contributed by atoms with E-state index >= 15 is 0 Å². The van der Waals surface area contributed by atoms with Crippen molar-refractivity contribution in [3.05, 3.63) is 76.7 Å². The fraction of sp³-hybridized carbons (Fsp3) is 0.360. The van der Waals surface area contributed by atoms with Crippen molar-refractivity contribution in [1.29, 1.82) is 0 Å². The maximum Gasteiger partial charge on any atom is 0.340 e. The van der Waals surface area contributed by atoms with Crippen LogP contribution < -0.4 is 0 Å². The Morgan fingerprint density at radius 3 is 2.61 bits per heavy atom. The Kier molecular flexibility index (Phi) is 6.30. The Morgan fingerprint density at radius 2 is 1.94 bits per heavy atom. The highest BCUT2D eigenvalue weighted by Crippen LogP contribution is 2.32. The molecule has 1 heterocycles. The lowest BCUT2D eigenvalue weighted by atomic mass is 10.0. The number of para-hydroxylation sites is 1. The minimum Gasteiger partial charge on any atom is -0.462 e. The normalized spacial score (nSPS) is 14.7. The molecule has 0 spiro atoms. The Bertz CT molecular complexity index is 1080. The third-order valence-electron chi connectivity index (χ3n) is 5.78. The van der Waals surface area contributed by atoms with E-state index in [-0.39, 0.29) is 11.8 Å². The van der Waals surface area contributed by atoms with Crippen LogP contribution in [0.15, 0.2) is 48.5 Å². The van der Waals surface area contributed by atoms with Crippen molar-refractivity contribution in [2.45, 2.75) is 45.4 Å². The number of fused-ring (bicyclic) bond motifs is 1. The number of pyridine rings is 1. The number of aromatic nitrogens is 1. The van der Waals surface area contributed by atoms with Gasteiger partial charge < -0.3 is 9.84 Å². The van der Waals surface area contributed by atoms with Crippen molar-refractivity contribution in [2.24, 2.45) is 0 Å². The molecule has 0 saturated heterocycles. The van der Waals surface area contributed by atoms with Crippen LogP contribution in [0.5, 0.6) is 0 Å². The lowest BCUT2D eigenvalue weighted by molar-refractivity contribution is 0.0521. The fourth-order valence-corrected chi connectivity index (χ4v) is 4.02. The summed E-state index contributed by atoms with van der Waals surface area (Å²) in [5, 5.41) is 11.7. The number of aryl methyl sites for hydroxylation is 1. The number of hydrogen-bond donors (Lipinski definition) is 1. The summed E-state index contributed by atoms with van der Waals surface area (Å²) in [5.74, 6) is -0.701. The average molecular weight is 423 g/mol. The largest absolute Gasteiger partial charge is 0.462 e. The summed E-state index contributed by atoms with van der Waals surface area (Å²) >= 11 is 0. The molecule has 1 N–H and O–H groups in total. The molecule has 0 bridgehead atoms. The smallest absolute Gasteiger partial charge is 0.340 e. The molecule has 162 valence electrons. The van der Waals surface area contributed by atoms with Gasteiger partial charge in [0.25, 0.3) is 0 Å². The number of esters is 1. The van der Waals surface area contributed by atoms with Crippen LogP contribution in [0.4, 0.5) is 4.39 Å². The van der Waals surface area contributed by atoms with Gasteiger partial charge in [0, 0.05) is 24.5 Å². The molecule has 1 aromatic heterocycles. The second-order valence-electron chi connectivity index (χ2n) is 8.02. The standard InChI is InChI=1S/C25H27FN2O3/c1-3-31-25(30)24-16(2)20-6-4-5-7-21(20)27-22(24)14-28(19-12-13-19)15-23(29)17-8-10-18(26)11-9-17/h4-11,19,23,29H,3,12-15H2,1-2H3. The molecule has 1 fully saturated rings. The van der Waals surface area contributed by atoms with Crippen LogP contribution in [0.25, 0.3) is 10.9 Å². The molecule has 3 aromatic rings. The quantitative estimate of drug-likeness (QED) is 0.540. The maximum absolute atomic E-state index is 13.2. The van der Waals surface area contributed by atoms with Gasteiger partial charge in [-0.1, -0.05) is 30.3 Å². The first-order valence-corrected chi connectivity index (χ1v) is 10.7. The van der Waals surface area contributed by atoms with E-state index in [0.29, 0.717) is 42.6 Å². The van der Waals surface area contributed by atoms with E-state index in [2.05, 4.69) is 4.90 Å². The summed E-state index contributed by atoms with van der Waals surface area (Å²) in [7, 11) is 0. The maximum atomic E-state index is 13.2. The molecule has 1 aliphatic rings. The Hall–Kier alpha value is -2.83. The van der Waals surface area contributed by atoms with E-state index in [1.807, 2.05) is 31.2 Å². The fourth-order valence-electron chi connectivity index (χ4n) is 4.02. The molecule has 0 aliphatic heterocycles. The van der Waals surface area contributed by atoms with E-state index in [0.717, 1.165) is 29.3 Å². The van der Waals surface area contributed by atoms with Crippen molar-refractivity contribution in [1.82, 2.24) is 9.88 Å². The summed E-state index contributed by atoms with van der Waals surface area (Å²) in [6.45, 7) is 4.82. The Labute approximate surface area is 181 Å². The zero-order chi connectivity index (χ0) is 22.0. The van der Waals surface area contributed by atoms with Crippen molar-refractivity contribution < 1.29 is 19.0 Å². The van der Waals surface area contributed by atoms with Gasteiger partial charge in [-0.25, -0.2) is 9.18 Å². The third-order valence-corrected chi connectivity index (χ3v) is 5.78. The number of aliphatic hydroxyl groups is 1. The summed E-state index contributed by atoms with van der Waals surface area (Å²) in [6.07, 6.45) is 1.32.